The third-order valence-electron chi connectivity index (χ3n) is 10.7. The minimum Gasteiger partial charge on any atom is -0.455 e. The molecule has 2 heterocycles. The summed E-state index contributed by atoms with van der Waals surface area (Å²) >= 11 is 0. The quantitative estimate of drug-likeness (QED) is 0.190. The molecule has 0 atom stereocenters. The van der Waals surface area contributed by atoms with Crippen LogP contribution < -0.4 is 0 Å². The predicted molar refractivity (Wildman–Crippen MR) is 203 cm³/mol. The zero-order valence-corrected chi connectivity index (χ0v) is 27.8. The second-order valence-electron chi connectivity index (χ2n) is 14.1. The fourth-order valence-corrected chi connectivity index (χ4v) is 8.28. The van der Waals surface area contributed by atoms with Gasteiger partial charge in [0.15, 0.2) is 0 Å². The first-order valence-electron chi connectivity index (χ1n) is 17.1. The van der Waals surface area contributed by atoms with Crippen molar-refractivity contribution in [2.75, 3.05) is 0 Å². The minimum absolute atomic E-state index is 0.176. The lowest BCUT2D eigenvalue weighted by atomic mass is 9.80. The van der Waals surface area contributed by atoms with Crippen LogP contribution in [0.15, 0.2) is 138 Å². The van der Waals surface area contributed by atoms with E-state index in [2.05, 4.69) is 165 Å². The first-order chi connectivity index (χ1) is 24.0. The number of hydrogen-bond acceptors (Lipinski definition) is 1. The minimum atomic E-state index is -0.176. The highest BCUT2D eigenvalue weighted by Crippen LogP contribution is 2.55. The van der Waals surface area contributed by atoms with Crippen LogP contribution in [0.5, 0.6) is 0 Å². The topological polar surface area (TPSA) is 18.1 Å². The van der Waals surface area contributed by atoms with Crippen LogP contribution in [0.4, 0.5) is 0 Å². The molecule has 0 bridgehead atoms. The number of rotatable bonds is 4. The fraction of sp³-hybridized carbons (Fsp3) is 0.106. The van der Waals surface area contributed by atoms with E-state index in [1.54, 1.807) is 0 Å². The number of furan rings is 1. The molecule has 0 radical (unpaired) electrons. The maximum absolute atomic E-state index is 6.67. The maximum Gasteiger partial charge on any atom is 0.143 e. The molecule has 49 heavy (non-hydrogen) atoms. The molecule has 232 valence electrons. The number of fused-ring (bicyclic) bond motifs is 10. The van der Waals surface area contributed by atoms with Gasteiger partial charge in [-0.2, -0.15) is 0 Å². The normalized spacial score (nSPS) is 13.3. The molecule has 0 saturated heterocycles. The molecule has 9 aromatic rings. The summed E-state index contributed by atoms with van der Waals surface area (Å²) in [5, 5.41) is 4.71. The predicted octanol–water partition coefficient (Wildman–Crippen LogP) is 12.2. The number of hydrogen-bond donors (Lipinski definition) is 0. The Kier molecular flexibility index (Phi) is 5.85. The lowest BCUT2D eigenvalue weighted by Gasteiger charge is -2.23. The van der Waals surface area contributed by atoms with Crippen molar-refractivity contribution in [1.29, 1.82) is 0 Å². The van der Waals surface area contributed by atoms with Crippen LogP contribution in [0.25, 0.3) is 71.7 Å². The Bertz CT molecular complexity index is 2760. The summed E-state index contributed by atoms with van der Waals surface area (Å²) in [6.45, 7) is 6.90. The van der Waals surface area contributed by atoms with Crippen LogP contribution in [0.3, 0.4) is 0 Å². The molecule has 0 amide bonds. The number of nitrogens with zero attached hydrogens (tertiary/aromatic N) is 1. The number of para-hydroxylation sites is 2. The Morgan fingerprint density at radius 2 is 1.45 bits per heavy atom. The second kappa shape index (κ2) is 10.2. The van der Waals surface area contributed by atoms with Gasteiger partial charge >= 0.3 is 0 Å². The average Bonchev–Trinajstić information content (AvgIpc) is 3.74. The van der Waals surface area contributed by atoms with Crippen molar-refractivity contribution in [2.24, 2.45) is 0 Å². The molecule has 0 N–H and O–H groups in total. The summed E-state index contributed by atoms with van der Waals surface area (Å²) < 4.78 is 9.00. The molecule has 0 spiro atoms. The van der Waals surface area contributed by atoms with E-state index in [1.807, 2.05) is 6.07 Å². The Morgan fingerprint density at radius 1 is 0.673 bits per heavy atom. The lowest BCUT2D eigenvalue weighted by Crippen LogP contribution is -2.15. The lowest BCUT2D eigenvalue weighted by molar-refractivity contribution is 0.656. The van der Waals surface area contributed by atoms with Gasteiger partial charge in [-0.1, -0.05) is 116 Å². The first kappa shape index (κ1) is 28.0. The van der Waals surface area contributed by atoms with Crippen LogP contribution in [-0.4, -0.2) is 4.57 Å². The molecule has 1 aliphatic rings. The van der Waals surface area contributed by atoms with Crippen molar-refractivity contribution in [3.8, 4) is 27.9 Å². The molecular formula is C47H33NO. The molecule has 10 rings (SSSR count). The smallest absolute Gasteiger partial charge is 0.143 e. The summed E-state index contributed by atoms with van der Waals surface area (Å²) in [6.07, 6.45) is 0.850. The molecule has 1 aliphatic carbocycles. The van der Waals surface area contributed by atoms with E-state index in [-0.39, 0.29) is 5.41 Å². The van der Waals surface area contributed by atoms with Gasteiger partial charge in [0.25, 0.3) is 0 Å². The fourth-order valence-electron chi connectivity index (χ4n) is 8.28. The van der Waals surface area contributed by atoms with Crippen LogP contribution in [-0.2, 0) is 11.8 Å². The van der Waals surface area contributed by atoms with Gasteiger partial charge in [0.05, 0.1) is 16.4 Å². The second-order valence-corrected chi connectivity index (χ2v) is 14.1. The molecule has 2 nitrogen and oxygen atoms in total. The maximum atomic E-state index is 6.67. The summed E-state index contributed by atoms with van der Waals surface area (Å²) in [5.74, 6) is 0. The van der Waals surface area contributed by atoms with E-state index in [9.17, 15) is 0 Å². The van der Waals surface area contributed by atoms with Gasteiger partial charge in [-0.15, -0.1) is 0 Å². The van der Waals surface area contributed by atoms with Crippen LogP contribution >= 0.6 is 0 Å². The Labute approximate surface area is 285 Å². The van der Waals surface area contributed by atoms with Crippen LogP contribution in [0.2, 0.25) is 0 Å². The molecule has 0 fully saturated rings. The van der Waals surface area contributed by atoms with Gasteiger partial charge in [-0.3, -0.25) is 0 Å². The summed E-state index contributed by atoms with van der Waals surface area (Å²) in [6, 6.07) is 55.0. The molecule has 7 aromatic carbocycles. The highest BCUT2D eigenvalue weighted by Gasteiger charge is 2.38. The summed E-state index contributed by atoms with van der Waals surface area (Å²) in [5.41, 5.74) is 16.8. The van der Waals surface area contributed by atoms with E-state index in [4.69, 9.17) is 4.42 Å². The molecule has 2 heteroatoms. The van der Waals surface area contributed by atoms with E-state index < -0.39 is 0 Å². The van der Waals surface area contributed by atoms with Gasteiger partial charge in [0.2, 0.25) is 0 Å². The van der Waals surface area contributed by atoms with Crippen molar-refractivity contribution in [2.45, 2.75) is 32.6 Å². The van der Waals surface area contributed by atoms with Crippen molar-refractivity contribution in [3.05, 3.63) is 173 Å². The third-order valence-corrected chi connectivity index (χ3v) is 10.7. The van der Waals surface area contributed by atoms with Crippen LogP contribution in [0.1, 0.15) is 41.7 Å². The standard InChI is InChI=1S/C47H33NO/c1-29-17-21-32(22-18-29)37-28-40-44(45-36-14-8-10-16-43(36)49-46(37)45)35-23-19-31(27-39(35)47(40,2)3)25-30-20-24-42-38(26-30)34-13-7-9-15-41(34)48(42)33-11-5-4-6-12-33/h4-6,8-12,14-24,26-28H,25H2,1-3H3. The van der Waals surface area contributed by atoms with Gasteiger partial charge in [0.1, 0.15) is 11.2 Å². The molecule has 0 unspecified atom stereocenters. The molecule has 0 aliphatic heterocycles. The third kappa shape index (κ3) is 4.09. The zero-order chi connectivity index (χ0) is 32.9. The first-order valence-corrected chi connectivity index (χ1v) is 17.1. The van der Waals surface area contributed by atoms with E-state index in [1.165, 1.54) is 66.2 Å². The summed E-state index contributed by atoms with van der Waals surface area (Å²) in [4.78, 5) is 0. The van der Waals surface area contributed by atoms with Gasteiger partial charge < -0.3 is 8.98 Å². The number of aromatic nitrogens is 1. The van der Waals surface area contributed by atoms with Gasteiger partial charge in [-0.05, 0) is 101 Å². The highest BCUT2D eigenvalue weighted by atomic mass is 16.3. The Hall–Kier alpha value is -6.04. The monoisotopic (exact) mass is 627 g/mol. The molecule has 0 saturated carbocycles. The summed E-state index contributed by atoms with van der Waals surface area (Å²) in [7, 11) is 0. The average molecular weight is 628 g/mol. The van der Waals surface area contributed by atoms with Crippen LogP contribution in [0, 0.1) is 19.1 Å². The van der Waals surface area contributed by atoms with Crippen molar-refractivity contribution < 1.29 is 4.42 Å². The molecule has 2 aromatic heterocycles. The van der Waals surface area contributed by atoms with E-state index >= 15 is 0 Å². The number of benzene rings is 6. The largest absolute Gasteiger partial charge is 0.455 e. The molecular weight excluding hydrogens is 595 g/mol. The van der Waals surface area contributed by atoms with Gasteiger partial charge in [0, 0.05) is 32.8 Å². The van der Waals surface area contributed by atoms with E-state index in [0.29, 0.717) is 0 Å². The van der Waals surface area contributed by atoms with Gasteiger partial charge in [-0.25, -0.2) is 0 Å². The van der Waals surface area contributed by atoms with Crippen molar-refractivity contribution in [3.63, 3.8) is 0 Å². The Morgan fingerprint density at radius 3 is 2.31 bits per heavy atom. The number of aryl methyl sites for hydroxylation is 1. The van der Waals surface area contributed by atoms with Crippen molar-refractivity contribution in [1.82, 2.24) is 4.57 Å². The van der Waals surface area contributed by atoms with E-state index in [0.717, 1.165) is 39.7 Å². The SMILES string of the molecule is Cc1ccc(-c2cc3c(c4c2oc2ccccc24)-c2ccc(Cc4ccc5c(c4)c4c#cccc4n5-c4ccccc4)cc2C3(C)C)cc1. The highest BCUT2D eigenvalue weighted by molar-refractivity contribution is 6.18. The van der Waals surface area contributed by atoms with Crippen molar-refractivity contribution >= 4 is 43.7 Å². The zero-order valence-electron chi connectivity index (χ0n) is 27.8. The Balaban J connectivity index is 1.11.